The second-order valence-corrected chi connectivity index (χ2v) is 9.49. The number of anilines is 3. The molecule has 1 atom stereocenters. The van der Waals surface area contributed by atoms with Gasteiger partial charge < -0.3 is 16.1 Å². The average molecular weight is 433 g/mol. The first-order valence-electron chi connectivity index (χ1n) is 9.58. The normalized spacial score (nSPS) is 21.5. The standard InChI is InChI=1S/C18H24N8O3S/c1-30(28,29)13-8-6-12(7-9-13)23-18(22-11-4-2-3-5-11)24-16-15(17(27)25-18)21-14(26-19)10-20-16/h6-11,22-23H,2-5,19H2,1H3,(H,20,24)(H,21,26)(H,25,27). The van der Waals surface area contributed by atoms with E-state index in [0.717, 1.165) is 31.9 Å². The van der Waals surface area contributed by atoms with Gasteiger partial charge in [-0.1, -0.05) is 12.8 Å². The number of amides is 1. The Morgan fingerprint density at radius 3 is 2.50 bits per heavy atom. The Balaban J connectivity index is 1.66. The molecule has 2 aliphatic rings. The largest absolute Gasteiger partial charge is 0.333 e. The number of nitrogens with two attached hydrogens (primary N) is 1. The van der Waals surface area contributed by atoms with Gasteiger partial charge in [0.1, 0.15) is 0 Å². The zero-order valence-corrected chi connectivity index (χ0v) is 17.2. The third kappa shape index (κ3) is 4.15. The smallest absolute Gasteiger partial charge is 0.278 e. The van der Waals surface area contributed by atoms with E-state index in [1.54, 1.807) is 12.1 Å². The molecule has 12 heteroatoms. The van der Waals surface area contributed by atoms with Crippen molar-refractivity contribution >= 4 is 33.1 Å². The molecule has 0 saturated heterocycles. The lowest BCUT2D eigenvalue weighted by Gasteiger charge is -2.42. The van der Waals surface area contributed by atoms with Crippen LogP contribution in [0, 0.1) is 0 Å². The Morgan fingerprint density at radius 1 is 1.17 bits per heavy atom. The number of nitrogen functional groups attached to an aromatic ring is 1. The van der Waals surface area contributed by atoms with E-state index in [2.05, 4.69) is 36.7 Å². The van der Waals surface area contributed by atoms with Gasteiger partial charge in [0.2, 0.25) is 5.91 Å². The van der Waals surface area contributed by atoms with Gasteiger partial charge in [-0.15, -0.1) is 0 Å². The van der Waals surface area contributed by atoms with Crippen LogP contribution in [-0.2, 0) is 9.84 Å². The first-order chi connectivity index (χ1) is 14.3. The van der Waals surface area contributed by atoms with Gasteiger partial charge in [-0.2, -0.15) is 0 Å². The number of hydrogen-bond donors (Lipinski definition) is 6. The molecule has 0 radical (unpaired) electrons. The lowest BCUT2D eigenvalue weighted by molar-refractivity contribution is 0.0882. The summed E-state index contributed by atoms with van der Waals surface area (Å²) in [6, 6.07) is 6.49. The topological polar surface area (TPSA) is 163 Å². The summed E-state index contributed by atoms with van der Waals surface area (Å²) in [4.78, 5) is 21.5. The lowest BCUT2D eigenvalue weighted by atomic mass is 10.2. The van der Waals surface area contributed by atoms with Gasteiger partial charge in [-0.05, 0) is 37.1 Å². The molecule has 0 spiro atoms. The second kappa shape index (κ2) is 7.70. The zero-order valence-electron chi connectivity index (χ0n) is 16.4. The number of carbonyl (C=O) groups is 1. The van der Waals surface area contributed by atoms with Crippen molar-refractivity contribution in [1.82, 2.24) is 20.6 Å². The maximum Gasteiger partial charge on any atom is 0.278 e. The van der Waals surface area contributed by atoms with Crippen molar-refractivity contribution in [2.24, 2.45) is 5.84 Å². The zero-order chi connectivity index (χ0) is 21.4. The number of aromatic nitrogens is 2. The highest BCUT2D eigenvalue weighted by molar-refractivity contribution is 7.90. The Labute approximate surface area is 174 Å². The first-order valence-corrected chi connectivity index (χ1v) is 11.5. The number of benzene rings is 1. The molecule has 1 aromatic heterocycles. The molecule has 11 nitrogen and oxygen atoms in total. The van der Waals surface area contributed by atoms with Gasteiger partial charge in [-0.25, -0.2) is 24.2 Å². The number of nitrogens with zero attached hydrogens (tertiary/aromatic N) is 2. The predicted octanol–water partition coefficient (Wildman–Crippen LogP) is 0.577. The summed E-state index contributed by atoms with van der Waals surface area (Å²) in [6.07, 6.45) is 6.73. The van der Waals surface area contributed by atoms with Crippen molar-refractivity contribution in [3.05, 3.63) is 36.2 Å². The van der Waals surface area contributed by atoms with Gasteiger partial charge in [0.15, 0.2) is 27.2 Å². The molecule has 2 heterocycles. The summed E-state index contributed by atoms with van der Waals surface area (Å²) in [5, 5.41) is 12.8. The van der Waals surface area contributed by atoms with Crippen LogP contribution >= 0.6 is 0 Å². The fraction of sp³-hybridized carbons (Fsp3) is 0.389. The van der Waals surface area contributed by atoms with E-state index in [1.807, 2.05) is 0 Å². The minimum absolute atomic E-state index is 0.114. The van der Waals surface area contributed by atoms with Crippen molar-refractivity contribution in [3.63, 3.8) is 0 Å². The van der Waals surface area contributed by atoms with E-state index in [9.17, 15) is 13.2 Å². The highest BCUT2D eigenvalue weighted by atomic mass is 32.2. The van der Waals surface area contributed by atoms with Crippen molar-refractivity contribution in [3.8, 4) is 0 Å². The van der Waals surface area contributed by atoms with E-state index >= 15 is 0 Å². The van der Waals surface area contributed by atoms with Crippen LogP contribution in [0.15, 0.2) is 35.4 Å². The first kappa shape index (κ1) is 20.3. The van der Waals surface area contributed by atoms with Crippen LogP contribution in [0.2, 0.25) is 0 Å². The molecule has 4 rings (SSSR count). The molecule has 1 aliphatic heterocycles. The molecular formula is C18H24N8O3S. The monoisotopic (exact) mass is 432 g/mol. The summed E-state index contributed by atoms with van der Waals surface area (Å²) >= 11 is 0. The molecule has 30 heavy (non-hydrogen) atoms. The van der Waals surface area contributed by atoms with Crippen LogP contribution in [0.4, 0.5) is 17.3 Å². The van der Waals surface area contributed by atoms with Crippen LogP contribution in [0.3, 0.4) is 0 Å². The quantitative estimate of drug-likeness (QED) is 0.216. The Kier molecular flexibility index (Phi) is 5.22. The number of sulfone groups is 1. The SMILES string of the molecule is CS(=O)(=O)c1ccc(NC2(NC3CCCC3)NC(=O)c3nc(NN)cnc3N2)cc1. The number of rotatable bonds is 6. The number of carbonyl (C=O) groups excluding carboxylic acids is 1. The minimum Gasteiger partial charge on any atom is -0.333 e. The van der Waals surface area contributed by atoms with Crippen molar-refractivity contribution in [1.29, 1.82) is 0 Å². The van der Waals surface area contributed by atoms with Gasteiger partial charge in [0, 0.05) is 18.0 Å². The molecular weight excluding hydrogens is 408 g/mol. The van der Waals surface area contributed by atoms with Crippen LogP contribution in [0.5, 0.6) is 0 Å². The Morgan fingerprint density at radius 2 is 1.87 bits per heavy atom. The summed E-state index contributed by atoms with van der Waals surface area (Å²) < 4.78 is 23.5. The number of hydrogen-bond acceptors (Lipinski definition) is 10. The molecule has 1 aromatic carbocycles. The summed E-state index contributed by atoms with van der Waals surface area (Å²) in [7, 11) is -3.31. The second-order valence-electron chi connectivity index (χ2n) is 7.47. The van der Waals surface area contributed by atoms with E-state index in [1.165, 1.54) is 18.3 Å². The molecule has 7 N–H and O–H groups in total. The van der Waals surface area contributed by atoms with E-state index < -0.39 is 21.7 Å². The fourth-order valence-corrected chi connectivity index (χ4v) is 4.33. The van der Waals surface area contributed by atoms with E-state index in [4.69, 9.17) is 5.84 Å². The molecule has 2 aromatic rings. The maximum atomic E-state index is 12.8. The fourth-order valence-electron chi connectivity index (χ4n) is 3.70. The van der Waals surface area contributed by atoms with Crippen LogP contribution < -0.4 is 32.5 Å². The third-order valence-corrected chi connectivity index (χ3v) is 6.26. The highest BCUT2D eigenvalue weighted by Crippen LogP contribution is 2.26. The van der Waals surface area contributed by atoms with E-state index in [-0.39, 0.29) is 22.4 Å². The number of nitrogens with one attached hydrogen (secondary N) is 5. The van der Waals surface area contributed by atoms with Crippen molar-refractivity contribution in [2.75, 3.05) is 22.3 Å². The van der Waals surface area contributed by atoms with Crippen LogP contribution in [0.1, 0.15) is 36.2 Å². The summed E-state index contributed by atoms with van der Waals surface area (Å²) in [5.74, 6) is 4.27. The predicted molar refractivity (Wildman–Crippen MR) is 112 cm³/mol. The summed E-state index contributed by atoms with van der Waals surface area (Å²) in [6.45, 7) is 0. The van der Waals surface area contributed by atoms with Crippen molar-refractivity contribution < 1.29 is 13.2 Å². The molecule has 1 aliphatic carbocycles. The van der Waals surface area contributed by atoms with Gasteiger partial charge in [0.05, 0.1) is 11.1 Å². The number of hydrazine groups is 1. The lowest BCUT2D eigenvalue weighted by Crippen LogP contribution is -2.72. The molecule has 1 fully saturated rings. The van der Waals surface area contributed by atoms with Gasteiger partial charge in [-0.3, -0.25) is 15.4 Å². The molecule has 0 bridgehead atoms. The minimum atomic E-state index is -3.31. The Hall–Kier alpha value is -2.96. The summed E-state index contributed by atoms with van der Waals surface area (Å²) in [5.41, 5.74) is 3.10. The maximum absolute atomic E-state index is 12.8. The van der Waals surface area contributed by atoms with Crippen LogP contribution in [-0.4, -0.2) is 42.5 Å². The third-order valence-electron chi connectivity index (χ3n) is 5.13. The van der Waals surface area contributed by atoms with Gasteiger partial charge >= 0.3 is 0 Å². The average Bonchev–Trinajstić information content (AvgIpc) is 3.20. The van der Waals surface area contributed by atoms with Crippen LogP contribution in [0.25, 0.3) is 0 Å². The van der Waals surface area contributed by atoms with Crippen molar-refractivity contribution in [2.45, 2.75) is 42.5 Å². The molecule has 1 saturated carbocycles. The molecule has 1 amide bonds. The highest BCUT2D eigenvalue weighted by Gasteiger charge is 2.41. The molecule has 160 valence electrons. The number of fused-ring (bicyclic) bond motifs is 1. The van der Waals surface area contributed by atoms with Gasteiger partial charge in [0.25, 0.3) is 5.91 Å². The Bertz CT molecular complexity index is 1050. The van der Waals surface area contributed by atoms with E-state index in [0.29, 0.717) is 11.5 Å². The molecule has 1 unspecified atom stereocenters.